The highest BCUT2D eigenvalue weighted by Gasteiger charge is 2.09. The zero-order valence-corrected chi connectivity index (χ0v) is 10.2. The molecule has 2 aromatic rings. The van der Waals surface area contributed by atoms with Crippen LogP contribution in [-0.2, 0) is 19.5 Å². The number of nitrogens with two attached hydrogens (primary N) is 1. The van der Waals surface area contributed by atoms with Gasteiger partial charge in [0.1, 0.15) is 5.82 Å². The molecule has 0 bridgehead atoms. The Morgan fingerprint density at radius 1 is 1.41 bits per heavy atom. The second-order valence-corrected chi connectivity index (χ2v) is 4.13. The lowest BCUT2D eigenvalue weighted by Gasteiger charge is -2.05. The molecule has 3 N–H and O–H groups in total. The smallest absolute Gasteiger partial charge is 0.109 e. The van der Waals surface area contributed by atoms with Crippen LogP contribution in [0.15, 0.2) is 18.2 Å². The summed E-state index contributed by atoms with van der Waals surface area (Å²) >= 11 is 0. The van der Waals surface area contributed by atoms with Crippen molar-refractivity contribution in [3.05, 3.63) is 29.6 Å². The van der Waals surface area contributed by atoms with E-state index in [1.54, 1.807) is 0 Å². The molecule has 0 aliphatic carbocycles. The van der Waals surface area contributed by atoms with Gasteiger partial charge in [0.25, 0.3) is 0 Å². The van der Waals surface area contributed by atoms with Crippen LogP contribution >= 0.6 is 0 Å². The predicted octanol–water partition coefficient (Wildman–Crippen LogP) is 1.44. The molecule has 0 fully saturated rings. The lowest BCUT2D eigenvalue weighted by atomic mass is 10.2. The number of hydrogen-bond donors (Lipinski definition) is 2. The van der Waals surface area contributed by atoms with Crippen molar-refractivity contribution in [1.29, 1.82) is 0 Å². The maximum atomic E-state index is 8.89. The SMILES string of the molecule is CCn1c(CCCO)nc2cc(CN)ccc21. The van der Waals surface area contributed by atoms with Crippen LogP contribution in [-0.4, -0.2) is 21.3 Å². The number of aliphatic hydroxyl groups excluding tert-OH is 1. The fourth-order valence-electron chi connectivity index (χ4n) is 2.13. The third-order valence-electron chi connectivity index (χ3n) is 3.00. The van der Waals surface area contributed by atoms with E-state index in [4.69, 9.17) is 10.8 Å². The summed E-state index contributed by atoms with van der Waals surface area (Å²) in [5.41, 5.74) is 8.89. The van der Waals surface area contributed by atoms with E-state index < -0.39 is 0 Å². The summed E-state index contributed by atoms with van der Waals surface area (Å²) in [6.45, 7) is 3.77. The van der Waals surface area contributed by atoms with Gasteiger partial charge in [-0.15, -0.1) is 0 Å². The summed E-state index contributed by atoms with van der Waals surface area (Å²) in [4.78, 5) is 4.63. The summed E-state index contributed by atoms with van der Waals surface area (Å²) < 4.78 is 2.20. The number of hydrogen-bond acceptors (Lipinski definition) is 3. The molecule has 2 rings (SSSR count). The number of imidazole rings is 1. The molecule has 0 atom stereocenters. The topological polar surface area (TPSA) is 64.1 Å². The lowest BCUT2D eigenvalue weighted by molar-refractivity contribution is 0.287. The molecule has 1 aromatic carbocycles. The minimum atomic E-state index is 0.209. The Kier molecular flexibility index (Phi) is 3.76. The Morgan fingerprint density at radius 3 is 2.88 bits per heavy atom. The molecular weight excluding hydrogens is 214 g/mol. The number of nitrogens with zero attached hydrogens (tertiary/aromatic N) is 2. The first-order valence-electron chi connectivity index (χ1n) is 6.09. The highest BCUT2D eigenvalue weighted by molar-refractivity contribution is 5.77. The van der Waals surface area contributed by atoms with Crippen LogP contribution in [0.1, 0.15) is 24.7 Å². The van der Waals surface area contributed by atoms with E-state index in [2.05, 4.69) is 22.5 Å². The number of aromatic nitrogens is 2. The van der Waals surface area contributed by atoms with Crippen molar-refractivity contribution in [2.75, 3.05) is 6.61 Å². The quantitative estimate of drug-likeness (QED) is 0.821. The van der Waals surface area contributed by atoms with Gasteiger partial charge in [-0.05, 0) is 31.0 Å². The number of aryl methyl sites for hydroxylation is 2. The third-order valence-corrected chi connectivity index (χ3v) is 3.00. The lowest BCUT2D eigenvalue weighted by Crippen LogP contribution is -2.02. The first-order chi connectivity index (χ1) is 8.30. The molecule has 0 radical (unpaired) electrons. The Labute approximate surface area is 101 Å². The number of fused-ring (bicyclic) bond motifs is 1. The minimum absolute atomic E-state index is 0.209. The van der Waals surface area contributed by atoms with Crippen molar-refractivity contribution in [2.24, 2.45) is 5.73 Å². The van der Waals surface area contributed by atoms with Gasteiger partial charge in [-0.3, -0.25) is 0 Å². The standard InChI is InChI=1S/C13H19N3O/c1-2-16-12-6-5-10(9-14)8-11(12)15-13(16)4-3-7-17/h5-6,8,17H,2-4,7,9,14H2,1H3. The molecular formula is C13H19N3O. The van der Waals surface area contributed by atoms with E-state index >= 15 is 0 Å². The molecule has 4 heteroatoms. The molecule has 0 amide bonds. The first kappa shape index (κ1) is 12.1. The van der Waals surface area contributed by atoms with E-state index in [-0.39, 0.29) is 6.61 Å². The van der Waals surface area contributed by atoms with Crippen LogP contribution in [0.25, 0.3) is 11.0 Å². The highest BCUT2D eigenvalue weighted by Crippen LogP contribution is 2.18. The monoisotopic (exact) mass is 233 g/mol. The fraction of sp³-hybridized carbons (Fsp3) is 0.462. The second-order valence-electron chi connectivity index (χ2n) is 4.13. The normalized spacial score (nSPS) is 11.2. The molecule has 92 valence electrons. The first-order valence-corrected chi connectivity index (χ1v) is 6.09. The van der Waals surface area contributed by atoms with Gasteiger partial charge in [-0.2, -0.15) is 0 Å². The van der Waals surface area contributed by atoms with E-state index in [9.17, 15) is 0 Å². The van der Waals surface area contributed by atoms with Gasteiger partial charge in [0.05, 0.1) is 11.0 Å². The Balaban J connectivity index is 2.46. The molecule has 0 saturated heterocycles. The number of aliphatic hydroxyl groups is 1. The second kappa shape index (κ2) is 5.29. The van der Waals surface area contributed by atoms with Crippen LogP contribution in [0.5, 0.6) is 0 Å². The Bertz CT molecular complexity index is 505. The molecule has 1 aromatic heterocycles. The van der Waals surface area contributed by atoms with Crippen LogP contribution in [0.4, 0.5) is 0 Å². The van der Waals surface area contributed by atoms with E-state index in [1.165, 1.54) is 0 Å². The van der Waals surface area contributed by atoms with Crippen molar-refractivity contribution < 1.29 is 5.11 Å². The van der Waals surface area contributed by atoms with Crippen molar-refractivity contribution in [3.8, 4) is 0 Å². The number of benzene rings is 1. The maximum absolute atomic E-state index is 8.89. The molecule has 0 saturated carbocycles. The Hall–Kier alpha value is -1.39. The zero-order valence-electron chi connectivity index (χ0n) is 10.2. The van der Waals surface area contributed by atoms with Gasteiger partial charge in [0.2, 0.25) is 0 Å². The van der Waals surface area contributed by atoms with Crippen LogP contribution in [0.2, 0.25) is 0 Å². The van der Waals surface area contributed by atoms with Gasteiger partial charge in [0.15, 0.2) is 0 Å². The molecule has 0 aliphatic rings. The molecule has 1 heterocycles. The predicted molar refractivity (Wildman–Crippen MR) is 68.7 cm³/mol. The van der Waals surface area contributed by atoms with E-state index in [1.807, 2.05) is 12.1 Å². The highest BCUT2D eigenvalue weighted by atomic mass is 16.2. The Morgan fingerprint density at radius 2 is 2.24 bits per heavy atom. The van der Waals surface area contributed by atoms with Gasteiger partial charge in [0, 0.05) is 26.1 Å². The average Bonchev–Trinajstić information content (AvgIpc) is 2.72. The summed E-state index contributed by atoms with van der Waals surface area (Å²) in [5, 5.41) is 8.89. The summed E-state index contributed by atoms with van der Waals surface area (Å²) in [7, 11) is 0. The molecule has 0 unspecified atom stereocenters. The van der Waals surface area contributed by atoms with Crippen LogP contribution in [0, 0.1) is 0 Å². The summed E-state index contributed by atoms with van der Waals surface area (Å²) in [6.07, 6.45) is 1.57. The van der Waals surface area contributed by atoms with Crippen molar-refractivity contribution in [2.45, 2.75) is 32.9 Å². The molecule has 0 aliphatic heterocycles. The van der Waals surface area contributed by atoms with Gasteiger partial charge in [-0.1, -0.05) is 6.07 Å². The van der Waals surface area contributed by atoms with Crippen molar-refractivity contribution in [3.63, 3.8) is 0 Å². The van der Waals surface area contributed by atoms with Gasteiger partial charge < -0.3 is 15.4 Å². The minimum Gasteiger partial charge on any atom is -0.396 e. The van der Waals surface area contributed by atoms with E-state index in [0.29, 0.717) is 6.54 Å². The fourth-order valence-corrected chi connectivity index (χ4v) is 2.13. The molecule has 17 heavy (non-hydrogen) atoms. The van der Waals surface area contributed by atoms with Crippen LogP contribution in [0.3, 0.4) is 0 Å². The van der Waals surface area contributed by atoms with Crippen molar-refractivity contribution >= 4 is 11.0 Å². The number of rotatable bonds is 5. The maximum Gasteiger partial charge on any atom is 0.109 e. The largest absolute Gasteiger partial charge is 0.396 e. The van der Waals surface area contributed by atoms with Crippen molar-refractivity contribution in [1.82, 2.24) is 9.55 Å². The van der Waals surface area contributed by atoms with Crippen LogP contribution < -0.4 is 5.73 Å². The molecule has 0 spiro atoms. The summed E-state index contributed by atoms with van der Waals surface area (Å²) in [6, 6.07) is 6.17. The molecule has 4 nitrogen and oxygen atoms in total. The van der Waals surface area contributed by atoms with Gasteiger partial charge >= 0.3 is 0 Å². The average molecular weight is 233 g/mol. The summed E-state index contributed by atoms with van der Waals surface area (Å²) in [5.74, 6) is 1.05. The van der Waals surface area contributed by atoms with Gasteiger partial charge in [-0.25, -0.2) is 4.98 Å². The zero-order chi connectivity index (χ0) is 12.3. The van der Waals surface area contributed by atoms with E-state index in [0.717, 1.165) is 41.8 Å². The third kappa shape index (κ3) is 2.33.